The van der Waals surface area contributed by atoms with Crippen LogP contribution >= 0.6 is 0 Å². The van der Waals surface area contributed by atoms with Gasteiger partial charge in [0.25, 0.3) is 5.56 Å². The molecule has 2 aromatic heterocycles. The fourth-order valence-electron chi connectivity index (χ4n) is 3.63. The molecular formula is C17H20FN5O3. The predicted molar refractivity (Wildman–Crippen MR) is 95.9 cm³/mol. The van der Waals surface area contributed by atoms with Crippen molar-refractivity contribution in [3.63, 3.8) is 0 Å². The van der Waals surface area contributed by atoms with Crippen LogP contribution in [0.25, 0.3) is 16.7 Å². The highest BCUT2D eigenvalue weighted by molar-refractivity contribution is 5.85. The molecular weight excluding hydrogens is 341 g/mol. The first-order valence-electron chi connectivity index (χ1n) is 8.55. The van der Waals surface area contributed by atoms with Crippen molar-refractivity contribution in [1.29, 1.82) is 0 Å². The van der Waals surface area contributed by atoms with E-state index in [1.54, 1.807) is 10.6 Å². The fourth-order valence-corrected chi connectivity index (χ4v) is 3.63. The van der Waals surface area contributed by atoms with Crippen molar-refractivity contribution < 1.29 is 9.60 Å². The number of nitrogens with zero attached hydrogens (tertiary/aromatic N) is 5. The van der Waals surface area contributed by atoms with Gasteiger partial charge in [-0.05, 0) is 20.0 Å². The van der Waals surface area contributed by atoms with Crippen LogP contribution in [-0.4, -0.2) is 57.0 Å². The Morgan fingerprint density at radius 1 is 1.08 bits per heavy atom. The molecule has 26 heavy (non-hydrogen) atoms. The summed E-state index contributed by atoms with van der Waals surface area (Å²) in [7, 11) is 2.03. The lowest BCUT2D eigenvalue weighted by molar-refractivity contribution is 0.159. The van der Waals surface area contributed by atoms with Gasteiger partial charge in [-0.15, -0.1) is 0 Å². The summed E-state index contributed by atoms with van der Waals surface area (Å²) in [4.78, 5) is 28.3. The minimum atomic E-state index is -0.906. The van der Waals surface area contributed by atoms with Crippen LogP contribution in [-0.2, 0) is 6.54 Å². The molecule has 1 aromatic carbocycles. The molecule has 3 heterocycles. The number of anilines is 1. The maximum absolute atomic E-state index is 14.8. The highest BCUT2D eigenvalue weighted by Gasteiger charge is 2.21. The number of hydrogen-bond donors (Lipinski definition) is 1. The van der Waals surface area contributed by atoms with E-state index in [9.17, 15) is 19.2 Å². The monoisotopic (exact) mass is 361 g/mol. The van der Waals surface area contributed by atoms with E-state index in [0.717, 1.165) is 17.5 Å². The van der Waals surface area contributed by atoms with E-state index in [-0.39, 0.29) is 4.73 Å². The molecule has 1 saturated heterocycles. The summed E-state index contributed by atoms with van der Waals surface area (Å²) in [6.45, 7) is 5.50. The average Bonchev–Trinajstić information content (AvgIpc) is 2.92. The zero-order chi connectivity index (χ0) is 18.6. The summed E-state index contributed by atoms with van der Waals surface area (Å²) in [6, 6.07) is 4.20. The number of rotatable bonds is 2. The van der Waals surface area contributed by atoms with Gasteiger partial charge >= 0.3 is 5.69 Å². The molecule has 3 aromatic rings. The second kappa shape index (κ2) is 5.87. The third kappa shape index (κ3) is 2.31. The highest BCUT2D eigenvalue weighted by atomic mass is 19.1. The zero-order valence-corrected chi connectivity index (χ0v) is 14.6. The molecule has 0 amide bonds. The molecule has 0 spiro atoms. The van der Waals surface area contributed by atoms with Crippen LogP contribution in [0.3, 0.4) is 0 Å². The molecule has 0 aliphatic carbocycles. The van der Waals surface area contributed by atoms with E-state index in [1.165, 1.54) is 12.1 Å². The molecule has 8 nitrogen and oxygen atoms in total. The smallest absolute Gasteiger partial charge is 0.370 e. The molecule has 138 valence electrons. The number of benzene rings is 1. The summed E-state index contributed by atoms with van der Waals surface area (Å²) >= 11 is 0. The van der Waals surface area contributed by atoms with Gasteiger partial charge in [0.05, 0.1) is 16.7 Å². The molecule has 4 rings (SSSR count). The lowest BCUT2D eigenvalue weighted by Gasteiger charge is -2.34. The molecule has 0 bridgehead atoms. The van der Waals surface area contributed by atoms with Crippen molar-refractivity contribution in [3.05, 3.63) is 44.9 Å². The summed E-state index contributed by atoms with van der Waals surface area (Å²) in [5, 5.41) is 9.65. The Labute approximate surface area is 147 Å². The lowest BCUT2D eigenvalue weighted by Crippen LogP contribution is -2.44. The minimum Gasteiger partial charge on any atom is -0.421 e. The molecule has 0 atom stereocenters. The summed E-state index contributed by atoms with van der Waals surface area (Å²) in [5.41, 5.74) is 0.0624. The van der Waals surface area contributed by atoms with Gasteiger partial charge in [-0.2, -0.15) is 0 Å². The molecule has 1 fully saturated rings. The molecule has 0 radical (unpaired) electrons. The summed E-state index contributed by atoms with van der Waals surface area (Å²) in [5.74, 6) is -0.431. The molecule has 0 unspecified atom stereocenters. The second-order valence-corrected chi connectivity index (χ2v) is 6.60. The van der Waals surface area contributed by atoms with Gasteiger partial charge in [-0.25, -0.2) is 13.6 Å². The van der Waals surface area contributed by atoms with E-state index >= 15 is 0 Å². The zero-order valence-electron chi connectivity index (χ0n) is 14.6. The van der Waals surface area contributed by atoms with Crippen molar-refractivity contribution >= 4 is 22.4 Å². The number of piperazine rings is 1. The molecule has 9 heteroatoms. The van der Waals surface area contributed by atoms with Gasteiger partial charge in [-0.3, -0.25) is 4.79 Å². The Morgan fingerprint density at radius 2 is 1.77 bits per heavy atom. The maximum Gasteiger partial charge on any atom is 0.370 e. The number of halogens is 1. The fraction of sp³-hybridized carbons (Fsp3) is 0.412. The average molecular weight is 361 g/mol. The van der Waals surface area contributed by atoms with Crippen LogP contribution < -0.4 is 16.1 Å². The molecule has 1 aliphatic rings. The molecule has 1 N–H and O–H groups in total. The first-order chi connectivity index (χ1) is 12.4. The number of hydrogen-bond acceptors (Lipinski definition) is 5. The largest absolute Gasteiger partial charge is 0.421 e. The van der Waals surface area contributed by atoms with Gasteiger partial charge in [0, 0.05) is 44.9 Å². The molecule has 0 saturated carbocycles. The van der Waals surface area contributed by atoms with Crippen molar-refractivity contribution in [2.75, 3.05) is 38.1 Å². The van der Waals surface area contributed by atoms with E-state index in [4.69, 9.17) is 0 Å². The van der Waals surface area contributed by atoms with Crippen LogP contribution in [0.1, 0.15) is 6.92 Å². The van der Waals surface area contributed by atoms with Gasteiger partial charge < -0.3 is 19.6 Å². The number of fused-ring (bicyclic) bond motifs is 3. The standard InChI is InChI=1S/C17H20FN5O3/c1-3-21-13-9-12(20-6-4-19(2)5-7-20)11(18)8-14(13)22-15(21)10-16(24)23(26)17(22)25/h8-10,26H,3-7H2,1-2H3. The van der Waals surface area contributed by atoms with E-state index < -0.39 is 17.1 Å². The van der Waals surface area contributed by atoms with Crippen molar-refractivity contribution in [3.8, 4) is 0 Å². The Balaban J connectivity index is 2.02. The van der Waals surface area contributed by atoms with Gasteiger partial charge in [0.2, 0.25) is 0 Å². The Morgan fingerprint density at radius 3 is 2.42 bits per heavy atom. The van der Waals surface area contributed by atoms with Crippen molar-refractivity contribution in [1.82, 2.24) is 18.6 Å². The Hall–Kier alpha value is -2.81. The topological polar surface area (TPSA) is 75.1 Å². The van der Waals surface area contributed by atoms with Crippen molar-refractivity contribution in [2.24, 2.45) is 0 Å². The number of imidazole rings is 1. The Bertz CT molecular complexity index is 1120. The van der Waals surface area contributed by atoms with E-state index in [2.05, 4.69) is 4.90 Å². The summed E-state index contributed by atoms with van der Waals surface area (Å²) < 4.78 is 17.8. The van der Waals surface area contributed by atoms with Crippen LogP contribution in [0.5, 0.6) is 0 Å². The van der Waals surface area contributed by atoms with Gasteiger partial charge in [-0.1, -0.05) is 4.73 Å². The number of aryl methyl sites for hydroxylation is 1. The van der Waals surface area contributed by atoms with E-state index in [1.807, 2.05) is 18.9 Å². The maximum atomic E-state index is 14.8. The molecule has 1 aliphatic heterocycles. The normalized spacial score (nSPS) is 16.0. The van der Waals surface area contributed by atoms with Crippen LogP contribution in [0.2, 0.25) is 0 Å². The van der Waals surface area contributed by atoms with Crippen molar-refractivity contribution in [2.45, 2.75) is 13.5 Å². The van der Waals surface area contributed by atoms with Gasteiger partial charge in [0.1, 0.15) is 11.5 Å². The second-order valence-electron chi connectivity index (χ2n) is 6.60. The van der Waals surface area contributed by atoms with Crippen LogP contribution in [0.4, 0.5) is 10.1 Å². The van der Waals surface area contributed by atoms with E-state index in [0.29, 0.717) is 42.0 Å². The third-order valence-electron chi connectivity index (χ3n) is 5.08. The predicted octanol–water partition coefficient (Wildman–Crippen LogP) is 0.564. The quantitative estimate of drug-likeness (QED) is 0.676. The number of likely N-dealkylation sites (N-methyl/N-ethyl adjacent to an activating group) is 1. The van der Waals surface area contributed by atoms with Crippen LogP contribution in [0, 0.1) is 5.82 Å². The van der Waals surface area contributed by atoms with Gasteiger partial charge in [0.15, 0.2) is 0 Å². The SMILES string of the molecule is CCn1c2cc(N3CCN(C)CC3)c(F)cc2n2c(=O)n(O)c(=O)cc12. The minimum absolute atomic E-state index is 0.0404. The highest BCUT2D eigenvalue weighted by Crippen LogP contribution is 2.28. The first kappa shape index (κ1) is 16.6. The first-order valence-corrected chi connectivity index (χ1v) is 8.55. The lowest BCUT2D eigenvalue weighted by atomic mass is 10.2. The van der Waals surface area contributed by atoms with Crippen LogP contribution in [0.15, 0.2) is 27.8 Å². The number of aromatic nitrogens is 3. The Kier molecular flexibility index (Phi) is 3.76. The summed E-state index contributed by atoms with van der Waals surface area (Å²) in [6.07, 6.45) is 0. The third-order valence-corrected chi connectivity index (χ3v) is 5.08.